The molecule has 6 nitrogen and oxygen atoms in total. The first kappa shape index (κ1) is 21.8. The molecule has 1 saturated heterocycles. The Morgan fingerprint density at radius 1 is 1.00 bits per heavy atom. The van der Waals surface area contributed by atoms with E-state index < -0.39 is 0 Å². The third-order valence-corrected chi connectivity index (χ3v) is 7.29. The van der Waals surface area contributed by atoms with Crippen LogP contribution in [0.15, 0.2) is 53.7 Å². The van der Waals surface area contributed by atoms with Crippen LogP contribution in [0.1, 0.15) is 41.6 Å². The molecule has 1 aromatic heterocycles. The topological polar surface area (TPSA) is 65.5 Å². The standard InChI is InChI=1S/C24H30N4O2S/c29-22(26-17-19-7-2-1-3-8-19)18-27-13-15-28(16-14-27)24(30)21-11-6-12-25-23(21)31-20-9-4-5-10-20/h1-3,6-8,11-12,20H,4-5,9-10,13-18H2,(H,26,29). The van der Waals surface area contributed by atoms with Gasteiger partial charge in [0.1, 0.15) is 5.03 Å². The van der Waals surface area contributed by atoms with Crippen molar-refractivity contribution in [3.8, 4) is 0 Å². The lowest BCUT2D eigenvalue weighted by Gasteiger charge is -2.34. The van der Waals surface area contributed by atoms with Gasteiger partial charge in [-0.05, 0) is 30.5 Å². The number of thioether (sulfide) groups is 1. The van der Waals surface area contributed by atoms with E-state index in [1.807, 2.05) is 47.4 Å². The maximum absolute atomic E-state index is 13.2. The van der Waals surface area contributed by atoms with Gasteiger partial charge >= 0.3 is 0 Å². The van der Waals surface area contributed by atoms with E-state index in [-0.39, 0.29) is 11.8 Å². The van der Waals surface area contributed by atoms with Crippen molar-refractivity contribution in [2.45, 2.75) is 42.5 Å². The Balaban J connectivity index is 1.26. The van der Waals surface area contributed by atoms with Crippen molar-refractivity contribution in [1.82, 2.24) is 20.1 Å². The van der Waals surface area contributed by atoms with E-state index in [0.717, 1.165) is 10.6 Å². The molecule has 31 heavy (non-hydrogen) atoms. The molecule has 1 aliphatic carbocycles. The van der Waals surface area contributed by atoms with Gasteiger partial charge in [0.25, 0.3) is 5.91 Å². The van der Waals surface area contributed by atoms with E-state index in [4.69, 9.17) is 0 Å². The van der Waals surface area contributed by atoms with Gasteiger partial charge in [0.15, 0.2) is 0 Å². The molecule has 0 atom stereocenters. The minimum atomic E-state index is 0.0196. The van der Waals surface area contributed by atoms with E-state index in [9.17, 15) is 9.59 Å². The summed E-state index contributed by atoms with van der Waals surface area (Å²) in [5.74, 6) is 0.0768. The van der Waals surface area contributed by atoms with Crippen LogP contribution in [0.5, 0.6) is 0 Å². The molecule has 1 N–H and O–H groups in total. The van der Waals surface area contributed by atoms with Crippen molar-refractivity contribution in [3.05, 3.63) is 59.8 Å². The number of pyridine rings is 1. The molecule has 2 heterocycles. The smallest absolute Gasteiger partial charge is 0.256 e. The SMILES string of the molecule is O=C(CN1CCN(C(=O)c2cccnc2SC2CCCC2)CC1)NCc1ccccc1. The zero-order valence-electron chi connectivity index (χ0n) is 17.8. The van der Waals surface area contributed by atoms with E-state index in [2.05, 4.69) is 15.2 Å². The first-order chi connectivity index (χ1) is 15.2. The number of rotatable bonds is 7. The number of hydrogen-bond donors (Lipinski definition) is 1. The van der Waals surface area contributed by atoms with Crippen LogP contribution in [0.4, 0.5) is 0 Å². The molecule has 0 spiro atoms. The highest BCUT2D eigenvalue weighted by Gasteiger charge is 2.26. The normalized spacial score (nSPS) is 17.6. The van der Waals surface area contributed by atoms with Gasteiger partial charge in [-0.15, -0.1) is 11.8 Å². The number of carbonyl (C=O) groups is 2. The summed E-state index contributed by atoms with van der Waals surface area (Å²) >= 11 is 1.76. The molecular formula is C24H30N4O2S. The van der Waals surface area contributed by atoms with Gasteiger partial charge in [-0.3, -0.25) is 14.5 Å². The number of piperazine rings is 1. The molecule has 4 rings (SSSR count). The van der Waals surface area contributed by atoms with Gasteiger partial charge in [0, 0.05) is 44.2 Å². The van der Waals surface area contributed by atoms with Crippen LogP contribution in [0, 0.1) is 0 Å². The van der Waals surface area contributed by atoms with Crippen LogP contribution in [0.25, 0.3) is 0 Å². The maximum Gasteiger partial charge on any atom is 0.256 e. The molecule has 2 aliphatic rings. The third kappa shape index (κ3) is 6.08. The highest BCUT2D eigenvalue weighted by molar-refractivity contribution is 7.99. The van der Waals surface area contributed by atoms with E-state index in [1.165, 1.54) is 25.7 Å². The predicted molar refractivity (Wildman–Crippen MR) is 123 cm³/mol. The Morgan fingerprint density at radius 3 is 2.48 bits per heavy atom. The van der Waals surface area contributed by atoms with Crippen molar-refractivity contribution in [2.24, 2.45) is 0 Å². The lowest BCUT2D eigenvalue weighted by Crippen LogP contribution is -2.51. The highest BCUT2D eigenvalue weighted by atomic mass is 32.2. The lowest BCUT2D eigenvalue weighted by molar-refractivity contribution is -0.122. The highest BCUT2D eigenvalue weighted by Crippen LogP contribution is 2.35. The number of nitrogens with one attached hydrogen (secondary N) is 1. The number of aromatic nitrogens is 1. The summed E-state index contributed by atoms with van der Waals surface area (Å²) in [6.07, 6.45) is 6.74. The number of amides is 2. The Hall–Kier alpha value is -2.38. The summed E-state index contributed by atoms with van der Waals surface area (Å²) in [5, 5.41) is 4.42. The zero-order chi connectivity index (χ0) is 21.5. The number of hydrogen-bond acceptors (Lipinski definition) is 5. The first-order valence-electron chi connectivity index (χ1n) is 11.1. The fourth-order valence-electron chi connectivity index (χ4n) is 4.15. The summed E-state index contributed by atoms with van der Waals surface area (Å²) in [5.41, 5.74) is 1.81. The molecular weight excluding hydrogens is 408 g/mol. The Kier molecular flexibility index (Phi) is 7.59. The second kappa shape index (κ2) is 10.8. The third-order valence-electron chi connectivity index (χ3n) is 5.94. The van der Waals surface area contributed by atoms with Crippen LogP contribution in [0.2, 0.25) is 0 Å². The maximum atomic E-state index is 13.2. The van der Waals surface area contributed by atoms with Crippen molar-refractivity contribution >= 4 is 23.6 Å². The van der Waals surface area contributed by atoms with Crippen molar-refractivity contribution in [1.29, 1.82) is 0 Å². The number of nitrogens with zero attached hydrogens (tertiary/aromatic N) is 3. The van der Waals surface area contributed by atoms with Gasteiger partial charge in [-0.1, -0.05) is 43.2 Å². The number of carbonyl (C=O) groups excluding carboxylic acids is 2. The van der Waals surface area contributed by atoms with Crippen LogP contribution < -0.4 is 5.32 Å². The van der Waals surface area contributed by atoms with Crippen LogP contribution in [-0.2, 0) is 11.3 Å². The van der Waals surface area contributed by atoms with Crippen LogP contribution >= 0.6 is 11.8 Å². The second-order valence-corrected chi connectivity index (χ2v) is 9.50. The first-order valence-corrected chi connectivity index (χ1v) is 12.0. The summed E-state index contributed by atoms with van der Waals surface area (Å²) in [7, 11) is 0. The summed E-state index contributed by atoms with van der Waals surface area (Å²) in [6, 6.07) is 13.7. The van der Waals surface area contributed by atoms with Crippen molar-refractivity contribution < 1.29 is 9.59 Å². The molecule has 7 heteroatoms. The molecule has 0 radical (unpaired) electrons. The molecule has 2 amide bonds. The summed E-state index contributed by atoms with van der Waals surface area (Å²) in [6.45, 7) is 3.58. The average Bonchev–Trinajstić information content (AvgIpc) is 3.32. The minimum absolute atomic E-state index is 0.0196. The molecule has 1 aliphatic heterocycles. The number of benzene rings is 1. The van der Waals surface area contributed by atoms with E-state index in [0.29, 0.717) is 50.1 Å². The predicted octanol–water partition coefficient (Wildman–Crippen LogP) is 3.19. The van der Waals surface area contributed by atoms with Gasteiger partial charge in [-0.25, -0.2) is 4.98 Å². The fraction of sp³-hybridized carbons (Fsp3) is 0.458. The Morgan fingerprint density at radius 2 is 1.74 bits per heavy atom. The second-order valence-electron chi connectivity index (χ2n) is 8.21. The molecule has 164 valence electrons. The Bertz CT molecular complexity index is 878. The summed E-state index contributed by atoms with van der Waals surface area (Å²) in [4.78, 5) is 34.0. The minimum Gasteiger partial charge on any atom is -0.351 e. The molecule has 0 bridgehead atoms. The van der Waals surface area contributed by atoms with Crippen LogP contribution in [-0.4, -0.2) is 64.6 Å². The quantitative estimate of drug-likeness (QED) is 0.719. The molecule has 0 unspecified atom stereocenters. The van der Waals surface area contributed by atoms with Gasteiger partial charge in [0.2, 0.25) is 5.91 Å². The zero-order valence-corrected chi connectivity index (χ0v) is 18.7. The Labute approximate surface area is 188 Å². The van der Waals surface area contributed by atoms with E-state index in [1.54, 1.807) is 18.0 Å². The fourth-order valence-corrected chi connectivity index (χ4v) is 5.44. The molecule has 2 aromatic rings. The van der Waals surface area contributed by atoms with Gasteiger partial charge in [-0.2, -0.15) is 0 Å². The molecule has 2 fully saturated rings. The lowest BCUT2D eigenvalue weighted by atomic mass is 10.2. The van der Waals surface area contributed by atoms with Crippen molar-refractivity contribution in [2.75, 3.05) is 32.7 Å². The largest absolute Gasteiger partial charge is 0.351 e. The van der Waals surface area contributed by atoms with E-state index >= 15 is 0 Å². The summed E-state index contributed by atoms with van der Waals surface area (Å²) < 4.78 is 0. The monoisotopic (exact) mass is 438 g/mol. The molecule has 1 saturated carbocycles. The van der Waals surface area contributed by atoms with Gasteiger partial charge < -0.3 is 10.2 Å². The van der Waals surface area contributed by atoms with Crippen LogP contribution in [0.3, 0.4) is 0 Å². The van der Waals surface area contributed by atoms with Crippen molar-refractivity contribution in [3.63, 3.8) is 0 Å². The van der Waals surface area contributed by atoms with Gasteiger partial charge in [0.05, 0.1) is 12.1 Å². The average molecular weight is 439 g/mol. The molecule has 1 aromatic carbocycles.